The number of benzene rings is 3. The molecule has 0 atom stereocenters. The Morgan fingerprint density at radius 3 is 2.04 bits per heavy atom. The Hall–Kier alpha value is -5.51. The van der Waals surface area contributed by atoms with Crippen LogP contribution in [-0.2, 0) is 11.3 Å². The number of nitrogens with two attached hydrogens (primary N) is 1. The Morgan fingerprint density at radius 1 is 0.840 bits per heavy atom. The van der Waals surface area contributed by atoms with Crippen LogP contribution >= 0.6 is 0 Å². The summed E-state index contributed by atoms with van der Waals surface area (Å²) in [4.78, 5) is 46.0. The molecule has 0 fully saturated rings. The van der Waals surface area contributed by atoms with Gasteiger partial charge < -0.3 is 25.8 Å². The van der Waals surface area contributed by atoms with Crippen molar-refractivity contribution in [2.24, 2.45) is 17.6 Å². The molecule has 0 saturated carbocycles. The topological polar surface area (TPSA) is 156 Å². The second kappa shape index (κ2) is 16.7. The summed E-state index contributed by atoms with van der Waals surface area (Å²) in [5.74, 6) is -0.693. The summed E-state index contributed by atoms with van der Waals surface area (Å²) < 4.78 is 11.1. The van der Waals surface area contributed by atoms with Gasteiger partial charge in [-0.15, -0.1) is 0 Å². The minimum Gasteiger partial charge on any atom is -0.481 e. The van der Waals surface area contributed by atoms with Crippen molar-refractivity contribution in [3.8, 4) is 17.0 Å². The summed E-state index contributed by atoms with van der Waals surface area (Å²) in [7, 11) is 1.44. The van der Waals surface area contributed by atoms with E-state index in [2.05, 4.69) is 50.2 Å². The standard InChI is InChI=1S/C40H47N5O5/c1-7-40(22-25(2)3,23-26(4)5)45-37(46)29-15-18-31(33(21-29)39(48)50-24-27-11-9-8-10-12-27)32-19-20-34(49-6)44-35(32)38(47)43-30-16-13-28(14-17-30)36(41)42/h8-21,25-26H,7,22-24H2,1-6H3,(H3,41,42)(H,43,47)(H,45,46). The zero-order chi connectivity index (χ0) is 36.4. The van der Waals surface area contributed by atoms with E-state index in [1.165, 1.54) is 13.2 Å². The smallest absolute Gasteiger partial charge is 0.339 e. The number of pyridine rings is 1. The first-order valence-corrected chi connectivity index (χ1v) is 16.8. The number of nitrogens with zero attached hydrogens (tertiary/aromatic N) is 1. The fourth-order valence-corrected chi connectivity index (χ4v) is 6.20. The molecule has 0 radical (unpaired) electrons. The van der Waals surface area contributed by atoms with Gasteiger partial charge >= 0.3 is 5.97 Å². The van der Waals surface area contributed by atoms with Gasteiger partial charge in [0.25, 0.3) is 11.8 Å². The van der Waals surface area contributed by atoms with E-state index in [9.17, 15) is 14.4 Å². The van der Waals surface area contributed by atoms with Crippen LogP contribution < -0.4 is 21.1 Å². The van der Waals surface area contributed by atoms with Crippen LogP contribution in [0.2, 0.25) is 0 Å². The van der Waals surface area contributed by atoms with E-state index in [1.54, 1.807) is 48.5 Å². The van der Waals surface area contributed by atoms with Crippen molar-refractivity contribution in [1.82, 2.24) is 10.3 Å². The molecule has 10 heteroatoms. The third-order valence-electron chi connectivity index (χ3n) is 8.41. The minimum atomic E-state index is -0.661. The van der Waals surface area contributed by atoms with Crippen molar-refractivity contribution in [1.29, 1.82) is 5.41 Å². The molecule has 4 aromatic rings. The van der Waals surface area contributed by atoms with Crippen molar-refractivity contribution in [3.63, 3.8) is 0 Å². The van der Waals surface area contributed by atoms with Crippen LogP contribution in [0.4, 0.5) is 5.69 Å². The van der Waals surface area contributed by atoms with Crippen LogP contribution in [0.1, 0.15) is 96.2 Å². The Morgan fingerprint density at radius 2 is 1.46 bits per heavy atom. The van der Waals surface area contributed by atoms with Crippen LogP contribution in [0.3, 0.4) is 0 Å². The van der Waals surface area contributed by atoms with Gasteiger partial charge in [0.15, 0.2) is 0 Å². The number of carbonyl (C=O) groups is 3. The maximum atomic E-state index is 13.9. The van der Waals surface area contributed by atoms with Gasteiger partial charge in [0.05, 0.1) is 12.7 Å². The van der Waals surface area contributed by atoms with E-state index in [4.69, 9.17) is 20.6 Å². The number of nitrogen functional groups attached to an aromatic ring is 1. The monoisotopic (exact) mass is 677 g/mol. The molecule has 2 amide bonds. The quantitative estimate of drug-likeness (QED) is 0.0573. The summed E-state index contributed by atoms with van der Waals surface area (Å²) in [5.41, 5.74) is 8.02. The minimum absolute atomic E-state index is 0.00632. The zero-order valence-electron chi connectivity index (χ0n) is 29.6. The van der Waals surface area contributed by atoms with Crippen molar-refractivity contribution >= 4 is 29.3 Å². The first-order valence-electron chi connectivity index (χ1n) is 16.8. The molecule has 0 aliphatic heterocycles. The summed E-state index contributed by atoms with van der Waals surface area (Å²) in [6.07, 6.45) is 2.38. The zero-order valence-corrected chi connectivity index (χ0v) is 29.6. The first kappa shape index (κ1) is 37.3. The van der Waals surface area contributed by atoms with E-state index in [0.29, 0.717) is 39.8 Å². The van der Waals surface area contributed by atoms with Gasteiger partial charge in [-0.05, 0) is 84.7 Å². The van der Waals surface area contributed by atoms with Gasteiger partial charge in [0.2, 0.25) is 5.88 Å². The number of carbonyl (C=O) groups excluding carboxylic acids is 3. The molecular weight excluding hydrogens is 630 g/mol. The number of ether oxygens (including phenoxy) is 2. The van der Waals surface area contributed by atoms with E-state index >= 15 is 0 Å². The second-order valence-electron chi connectivity index (χ2n) is 13.3. The third kappa shape index (κ3) is 9.56. The fourth-order valence-electron chi connectivity index (χ4n) is 6.20. The number of esters is 1. The predicted molar refractivity (Wildman–Crippen MR) is 197 cm³/mol. The van der Waals surface area contributed by atoms with Gasteiger partial charge in [-0.2, -0.15) is 0 Å². The van der Waals surface area contributed by atoms with E-state index in [-0.39, 0.29) is 35.5 Å². The first-order chi connectivity index (χ1) is 23.8. The molecule has 50 heavy (non-hydrogen) atoms. The number of hydrogen-bond donors (Lipinski definition) is 4. The maximum Gasteiger partial charge on any atom is 0.339 e. The Bertz CT molecular complexity index is 1810. The van der Waals surface area contributed by atoms with E-state index in [0.717, 1.165) is 24.8 Å². The number of hydrogen-bond acceptors (Lipinski definition) is 7. The number of amides is 2. The van der Waals surface area contributed by atoms with Gasteiger partial charge in [-0.1, -0.05) is 71.0 Å². The molecule has 0 unspecified atom stereocenters. The average molecular weight is 678 g/mol. The molecule has 5 N–H and O–H groups in total. The number of methoxy groups -OCH3 is 1. The molecular formula is C40H47N5O5. The highest BCUT2D eigenvalue weighted by Crippen LogP contribution is 2.32. The molecule has 262 valence electrons. The van der Waals surface area contributed by atoms with Crippen molar-refractivity contribution in [2.45, 2.75) is 66.0 Å². The van der Waals surface area contributed by atoms with Crippen molar-refractivity contribution < 1.29 is 23.9 Å². The molecule has 1 heterocycles. The molecule has 0 aliphatic rings. The highest BCUT2D eigenvalue weighted by molar-refractivity contribution is 6.10. The van der Waals surface area contributed by atoms with E-state index < -0.39 is 17.4 Å². The lowest BCUT2D eigenvalue weighted by Crippen LogP contribution is -2.49. The molecule has 4 rings (SSSR count). The molecule has 10 nitrogen and oxygen atoms in total. The number of rotatable bonds is 15. The summed E-state index contributed by atoms with van der Waals surface area (Å²) >= 11 is 0. The average Bonchev–Trinajstić information content (AvgIpc) is 3.10. The summed E-state index contributed by atoms with van der Waals surface area (Å²) in [6.45, 7) is 10.7. The fraction of sp³-hybridized carbons (Fsp3) is 0.325. The van der Waals surface area contributed by atoms with Crippen LogP contribution in [0.25, 0.3) is 11.1 Å². The Labute approximate surface area is 294 Å². The third-order valence-corrected chi connectivity index (χ3v) is 8.41. The molecule has 0 saturated heterocycles. The summed E-state index contributed by atoms with van der Waals surface area (Å²) in [5, 5.41) is 13.8. The van der Waals surface area contributed by atoms with Crippen LogP contribution in [0.15, 0.2) is 84.9 Å². The van der Waals surface area contributed by atoms with Crippen LogP contribution in [-0.4, -0.2) is 41.3 Å². The predicted octanol–water partition coefficient (Wildman–Crippen LogP) is 7.62. The lowest BCUT2D eigenvalue weighted by molar-refractivity contribution is 0.0473. The summed E-state index contributed by atoms with van der Waals surface area (Å²) in [6, 6.07) is 23.9. The highest BCUT2D eigenvalue weighted by Gasteiger charge is 2.33. The number of anilines is 1. The SMILES string of the molecule is CCC(CC(C)C)(CC(C)C)NC(=O)c1ccc(-c2ccc(OC)nc2C(=O)Nc2ccc(C(=N)N)cc2)c(C(=O)OCc2ccccc2)c1. The van der Waals surface area contributed by atoms with Crippen molar-refractivity contribution in [3.05, 3.63) is 113 Å². The number of nitrogens with one attached hydrogen (secondary N) is 3. The molecule has 0 spiro atoms. The maximum absolute atomic E-state index is 13.9. The second-order valence-corrected chi connectivity index (χ2v) is 13.3. The normalized spacial score (nSPS) is 11.3. The number of aromatic nitrogens is 1. The highest BCUT2D eigenvalue weighted by atomic mass is 16.5. The number of amidine groups is 1. The molecule has 0 aliphatic carbocycles. The Kier molecular flexibility index (Phi) is 12.5. The van der Waals surface area contributed by atoms with Gasteiger partial charge in [0, 0.05) is 34.0 Å². The van der Waals surface area contributed by atoms with Crippen LogP contribution in [0.5, 0.6) is 5.88 Å². The molecule has 1 aromatic heterocycles. The van der Waals surface area contributed by atoms with Crippen molar-refractivity contribution in [2.75, 3.05) is 12.4 Å². The lowest BCUT2D eigenvalue weighted by atomic mass is 9.79. The largest absolute Gasteiger partial charge is 0.481 e. The van der Waals surface area contributed by atoms with E-state index in [1.807, 2.05) is 30.3 Å². The molecule has 3 aromatic carbocycles. The molecule has 0 bridgehead atoms. The lowest BCUT2D eigenvalue weighted by Gasteiger charge is -2.37. The van der Waals surface area contributed by atoms with Crippen LogP contribution in [0, 0.1) is 17.2 Å². The van der Waals surface area contributed by atoms with Gasteiger partial charge in [0.1, 0.15) is 18.1 Å². The van der Waals surface area contributed by atoms with Gasteiger partial charge in [-0.3, -0.25) is 15.0 Å². The van der Waals surface area contributed by atoms with Gasteiger partial charge in [-0.25, -0.2) is 9.78 Å². The Balaban J connectivity index is 1.78.